The topological polar surface area (TPSA) is 93.9 Å². The van der Waals surface area contributed by atoms with Crippen molar-refractivity contribution in [2.24, 2.45) is 0 Å². The Balaban J connectivity index is 1.46. The number of hydrogen-bond acceptors (Lipinski definition) is 5. The molecule has 1 amide bonds. The van der Waals surface area contributed by atoms with Gasteiger partial charge in [0.15, 0.2) is 12.2 Å². The lowest BCUT2D eigenvalue weighted by molar-refractivity contribution is -0.183. The molecule has 8 heteroatoms. The van der Waals surface area contributed by atoms with Crippen LogP contribution in [0.4, 0.5) is 0 Å². The minimum Gasteiger partial charge on any atom is -0.479 e. The summed E-state index contributed by atoms with van der Waals surface area (Å²) in [4.78, 5) is 26.7. The van der Waals surface area contributed by atoms with Crippen molar-refractivity contribution in [3.63, 3.8) is 0 Å². The van der Waals surface area contributed by atoms with E-state index in [0.717, 1.165) is 16.8 Å². The van der Waals surface area contributed by atoms with Crippen LogP contribution in [0, 0.1) is 0 Å². The summed E-state index contributed by atoms with van der Waals surface area (Å²) in [5.74, 6) is -1.61. The van der Waals surface area contributed by atoms with Gasteiger partial charge in [-0.15, -0.1) is 0 Å². The maximum absolute atomic E-state index is 13.2. The highest BCUT2D eigenvalue weighted by molar-refractivity contribution is 5.88. The number of nitrogens with zero attached hydrogens (tertiary/aromatic N) is 3. The Kier molecular flexibility index (Phi) is 6.63. The Labute approximate surface area is 186 Å². The van der Waals surface area contributed by atoms with Crippen molar-refractivity contribution < 1.29 is 24.2 Å². The third-order valence-electron chi connectivity index (χ3n) is 5.56. The van der Waals surface area contributed by atoms with Crippen molar-refractivity contribution in [1.29, 1.82) is 0 Å². The average Bonchev–Trinajstić information content (AvgIpc) is 3.35. The summed E-state index contributed by atoms with van der Waals surface area (Å²) >= 11 is 0. The predicted molar refractivity (Wildman–Crippen MR) is 116 cm³/mol. The summed E-state index contributed by atoms with van der Waals surface area (Å²) in [6.45, 7) is 2.62. The van der Waals surface area contributed by atoms with Gasteiger partial charge in [-0.1, -0.05) is 42.5 Å². The summed E-state index contributed by atoms with van der Waals surface area (Å²) in [6.07, 6.45) is 0.980. The van der Waals surface area contributed by atoms with Gasteiger partial charge in [-0.2, -0.15) is 5.10 Å². The molecule has 1 saturated heterocycles. The van der Waals surface area contributed by atoms with Crippen LogP contribution in [0.1, 0.15) is 24.1 Å². The number of aliphatic carboxylic acids is 1. The monoisotopic (exact) mass is 435 g/mol. The fourth-order valence-corrected chi connectivity index (χ4v) is 3.78. The van der Waals surface area contributed by atoms with E-state index in [9.17, 15) is 14.7 Å². The van der Waals surface area contributed by atoms with E-state index in [0.29, 0.717) is 6.54 Å². The molecule has 0 saturated carbocycles. The van der Waals surface area contributed by atoms with Crippen LogP contribution in [0.2, 0.25) is 0 Å². The maximum atomic E-state index is 13.2. The molecule has 1 aliphatic heterocycles. The van der Waals surface area contributed by atoms with E-state index in [1.165, 1.54) is 0 Å². The van der Waals surface area contributed by atoms with E-state index in [1.807, 2.05) is 73.8 Å². The molecule has 2 heterocycles. The molecule has 166 valence electrons. The summed E-state index contributed by atoms with van der Waals surface area (Å²) in [5, 5.41) is 13.9. The summed E-state index contributed by atoms with van der Waals surface area (Å²) in [6, 6.07) is 18.6. The van der Waals surface area contributed by atoms with Crippen molar-refractivity contribution in [2.75, 3.05) is 13.2 Å². The molecular weight excluding hydrogens is 410 g/mol. The molecule has 0 aliphatic carbocycles. The number of carboxylic acid groups (broad SMARTS) is 1. The van der Waals surface area contributed by atoms with Crippen molar-refractivity contribution in [3.05, 3.63) is 84.2 Å². The van der Waals surface area contributed by atoms with Gasteiger partial charge in [0.1, 0.15) is 0 Å². The van der Waals surface area contributed by atoms with Crippen molar-refractivity contribution >= 4 is 11.9 Å². The van der Waals surface area contributed by atoms with E-state index in [4.69, 9.17) is 9.47 Å². The molecule has 1 aromatic heterocycles. The molecular formula is C24H25N3O5. The van der Waals surface area contributed by atoms with Crippen LogP contribution in [0.25, 0.3) is 5.69 Å². The maximum Gasteiger partial charge on any atom is 0.336 e. The minimum atomic E-state index is -1.39. The molecule has 3 aromatic rings. The third-order valence-corrected chi connectivity index (χ3v) is 5.56. The summed E-state index contributed by atoms with van der Waals surface area (Å²) < 4.78 is 12.9. The number of morpholine rings is 1. The Morgan fingerprint density at radius 2 is 1.94 bits per heavy atom. The number of carbonyl (C=O) groups excluding carboxylic acids is 1. The van der Waals surface area contributed by atoms with Crippen molar-refractivity contribution in [2.45, 2.75) is 31.8 Å². The fraction of sp³-hybridized carbons (Fsp3) is 0.292. The Bertz CT molecular complexity index is 1040. The molecule has 0 radical (unpaired) electrons. The van der Waals surface area contributed by atoms with Crippen LogP contribution in [0.15, 0.2) is 73.1 Å². The smallest absolute Gasteiger partial charge is 0.336 e. The van der Waals surface area contributed by atoms with Crippen molar-refractivity contribution in [1.82, 2.24) is 14.7 Å². The molecule has 1 aliphatic rings. The van der Waals surface area contributed by atoms with Crippen molar-refractivity contribution in [3.8, 4) is 5.69 Å². The normalized spacial score (nSPS) is 18.3. The molecule has 1 N–H and O–H groups in total. The molecule has 1 fully saturated rings. The van der Waals surface area contributed by atoms with Gasteiger partial charge in [-0.05, 0) is 36.2 Å². The second kappa shape index (κ2) is 9.76. The Hall–Kier alpha value is -3.49. The standard InChI is InChI=1S/C24H25N3O5/c1-17(19-8-10-20(11-9-19)27-13-5-12-25-27)26-14-15-31-21(23(26)28)22(24(29)30)32-16-18-6-3-2-4-7-18/h2-13,17,21-22H,14-16H2,1H3,(H,29,30)/t17-,21-,22-/m1/s1. The zero-order chi connectivity index (χ0) is 22.5. The molecule has 2 aromatic carbocycles. The van der Waals surface area contributed by atoms with Crippen LogP contribution in [0.5, 0.6) is 0 Å². The molecule has 0 unspecified atom stereocenters. The molecule has 0 bridgehead atoms. The van der Waals surface area contributed by atoms with Crippen LogP contribution < -0.4 is 0 Å². The van der Waals surface area contributed by atoms with Crippen LogP contribution in [-0.4, -0.2) is 57.0 Å². The largest absolute Gasteiger partial charge is 0.479 e. The van der Waals surface area contributed by atoms with E-state index >= 15 is 0 Å². The van der Waals surface area contributed by atoms with Gasteiger partial charge >= 0.3 is 5.97 Å². The van der Waals surface area contributed by atoms with Gasteiger partial charge < -0.3 is 19.5 Å². The second-order valence-corrected chi connectivity index (χ2v) is 7.60. The highest BCUT2D eigenvalue weighted by Crippen LogP contribution is 2.26. The lowest BCUT2D eigenvalue weighted by Crippen LogP contribution is -2.55. The second-order valence-electron chi connectivity index (χ2n) is 7.60. The van der Waals surface area contributed by atoms with E-state index < -0.39 is 18.2 Å². The molecule has 8 nitrogen and oxygen atoms in total. The molecule has 3 atom stereocenters. The number of rotatable bonds is 8. The fourth-order valence-electron chi connectivity index (χ4n) is 3.78. The first-order chi connectivity index (χ1) is 15.5. The lowest BCUT2D eigenvalue weighted by atomic mass is 10.0. The molecule has 32 heavy (non-hydrogen) atoms. The third kappa shape index (κ3) is 4.71. The van der Waals surface area contributed by atoms with Gasteiger partial charge in [0.2, 0.25) is 0 Å². The Morgan fingerprint density at radius 1 is 1.19 bits per heavy atom. The first-order valence-corrected chi connectivity index (χ1v) is 10.4. The number of carbonyl (C=O) groups is 2. The number of hydrogen-bond donors (Lipinski definition) is 1. The van der Waals surface area contributed by atoms with Gasteiger partial charge in [0.05, 0.1) is 24.9 Å². The number of ether oxygens (including phenoxy) is 2. The molecule has 0 spiro atoms. The highest BCUT2D eigenvalue weighted by atomic mass is 16.6. The van der Waals surface area contributed by atoms with Gasteiger partial charge in [-0.25, -0.2) is 9.48 Å². The number of aromatic nitrogens is 2. The van der Waals surface area contributed by atoms with E-state index in [1.54, 1.807) is 15.8 Å². The quantitative estimate of drug-likeness (QED) is 0.585. The van der Waals surface area contributed by atoms with Gasteiger partial charge in [0, 0.05) is 18.9 Å². The lowest BCUT2D eigenvalue weighted by Gasteiger charge is -2.38. The first-order valence-electron chi connectivity index (χ1n) is 10.4. The SMILES string of the molecule is C[C@H](c1ccc(-n2cccn2)cc1)N1CCO[C@H]([C@@H](OCc2ccccc2)C(=O)O)C1=O. The predicted octanol–water partition coefficient (Wildman–Crippen LogP) is 2.83. The average molecular weight is 435 g/mol. The zero-order valence-corrected chi connectivity index (χ0v) is 17.7. The summed E-state index contributed by atoms with van der Waals surface area (Å²) in [7, 11) is 0. The number of amides is 1. The van der Waals surface area contributed by atoms with E-state index in [2.05, 4.69) is 5.10 Å². The summed E-state index contributed by atoms with van der Waals surface area (Å²) in [5.41, 5.74) is 2.67. The zero-order valence-electron chi connectivity index (χ0n) is 17.7. The number of carboxylic acids is 1. The van der Waals surface area contributed by atoms with Crippen LogP contribution >= 0.6 is 0 Å². The van der Waals surface area contributed by atoms with Gasteiger partial charge in [-0.3, -0.25) is 4.79 Å². The highest BCUT2D eigenvalue weighted by Gasteiger charge is 2.42. The van der Waals surface area contributed by atoms with Crippen LogP contribution in [0.3, 0.4) is 0 Å². The van der Waals surface area contributed by atoms with Crippen LogP contribution in [-0.2, 0) is 25.7 Å². The minimum absolute atomic E-state index is 0.0788. The number of benzene rings is 2. The van der Waals surface area contributed by atoms with Gasteiger partial charge in [0.25, 0.3) is 5.91 Å². The van der Waals surface area contributed by atoms with E-state index in [-0.39, 0.29) is 25.2 Å². The Morgan fingerprint density at radius 3 is 2.59 bits per heavy atom. The molecule has 4 rings (SSSR count). The first kappa shape index (κ1) is 21.7.